The van der Waals surface area contributed by atoms with Crippen LogP contribution in [0.5, 0.6) is 0 Å². The van der Waals surface area contributed by atoms with Crippen LogP contribution in [0.3, 0.4) is 0 Å². The molecule has 188 valence electrons. The lowest BCUT2D eigenvalue weighted by molar-refractivity contribution is -0.137. The van der Waals surface area contributed by atoms with E-state index in [0.29, 0.717) is 13.0 Å². The van der Waals surface area contributed by atoms with Gasteiger partial charge in [0, 0.05) is 18.8 Å². The smallest absolute Gasteiger partial charge is 0.248 e. The summed E-state index contributed by atoms with van der Waals surface area (Å²) in [5.74, 6) is 0.142. The highest BCUT2D eigenvalue weighted by atomic mass is 32.1. The molecule has 3 aromatic rings. The summed E-state index contributed by atoms with van der Waals surface area (Å²) >= 11 is 1.64. The second-order valence-electron chi connectivity index (χ2n) is 9.20. The second-order valence-corrected chi connectivity index (χ2v) is 10.1. The van der Waals surface area contributed by atoms with Crippen LogP contribution in [-0.4, -0.2) is 61.0 Å². The Balaban J connectivity index is 0.000000196. The molecule has 0 saturated carbocycles. The Bertz CT molecular complexity index is 1080. The van der Waals surface area contributed by atoms with Crippen LogP contribution in [0.2, 0.25) is 0 Å². The molecular weight excluding hydrogens is 464 g/mol. The third kappa shape index (κ3) is 6.52. The van der Waals surface area contributed by atoms with Gasteiger partial charge in [0.1, 0.15) is 6.04 Å². The van der Waals surface area contributed by atoms with Gasteiger partial charge in [-0.05, 0) is 44.2 Å². The van der Waals surface area contributed by atoms with Crippen LogP contribution in [0.1, 0.15) is 57.5 Å². The van der Waals surface area contributed by atoms with Crippen molar-refractivity contribution in [1.82, 2.24) is 30.2 Å². The average Bonchev–Trinajstić information content (AvgIpc) is 3.56. The van der Waals surface area contributed by atoms with E-state index >= 15 is 0 Å². The molecule has 1 aliphatic heterocycles. The number of carbonyl (C=O) groups excluding carboxylic acids is 2. The van der Waals surface area contributed by atoms with Crippen molar-refractivity contribution in [1.29, 1.82) is 0 Å². The van der Waals surface area contributed by atoms with E-state index < -0.39 is 6.10 Å². The van der Waals surface area contributed by atoms with Gasteiger partial charge in [-0.2, -0.15) is 0 Å². The molecule has 1 aromatic carbocycles. The van der Waals surface area contributed by atoms with Crippen LogP contribution in [0.25, 0.3) is 10.4 Å². The molecule has 0 aliphatic carbocycles. The lowest BCUT2D eigenvalue weighted by atomic mass is 10.0. The SMILES string of the molecule is CC(C)C(C(=O)N1CC(O)CC1C)n1ccnn1.Cc1ncsc1-c1ccc(C(C)NC=O)cc1. The molecule has 1 aliphatic rings. The lowest BCUT2D eigenvalue weighted by Gasteiger charge is -2.28. The van der Waals surface area contributed by atoms with Crippen molar-refractivity contribution in [3.05, 3.63) is 53.4 Å². The summed E-state index contributed by atoms with van der Waals surface area (Å²) in [5.41, 5.74) is 5.19. The van der Waals surface area contributed by atoms with Crippen molar-refractivity contribution in [2.24, 2.45) is 5.92 Å². The van der Waals surface area contributed by atoms with E-state index in [9.17, 15) is 14.7 Å². The number of aromatic nitrogens is 4. The van der Waals surface area contributed by atoms with Crippen molar-refractivity contribution >= 4 is 23.7 Å². The summed E-state index contributed by atoms with van der Waals surface area (Å²) < 4.78 is 1.60. The Hall–Kier alpha value is -3.11. The number of nitrogens with zero attached hydrogens (tertiary/aromatic N) is 5. The summed E-state index contributed by atoms with van der Waals surface area (Å²) in [6, 6.07) is 7.99. The first-order chi connectivity index (χ1) is 16.7. The molecule has 4 atom stereocenters. The Morgan fingerprint density at radius 2 is 1.97 bits per heavy atom. The molecule has 4 unspecified atom stereocenters. The molecule has 4 rings (SSSR count). The maximum atomic E-state index is 12.6. The molecule has 2 amide bonds. The van der Waals surface area contributed by atoms with Crippen LogP contribution in [0.4, 0.5) is 0 Å². The highest BCUT2D eigenvalue weighted by Gasteiger charge is 2.37. The first-order valence-electron chi connectivity index (χ1n) is 11.8. The minimum Gasteiger partial charge on any atom is -0.391 e. The number of hydrogen-bond donors (Lipinski definition) is 2. The number of carbonyl (C=O) groups is 2. The van der Waals surface area contributed by atoms with Gasteiger partial charge in [0.05, 0.1) is 34.4 Å². The Morgan fingerprint density at radius 3 is 2.46 bits per heavy atom. The summed E-state index contributed by atoms with van der Waals surface area (Å²) in [7, 11) is 0. The van der Waals surface area contributed by atoms with E-state index in [-0.39, 0.29) is 30.0 Å². The number of likely N-dealkylation sites (tertiary alicyclic amines) is 1. The standard InChI is InChI=1S/C13H14N2OS.C12H20N4O2/c1-9(14-7-16)11-3-5-12(6-4-11)13-10(2)15-8-17-13;1-8(2)11(16-5-4-13-14-16)12(18)15-7-10(17)6-9(15)3/h3-9H,1-2H3,(H,14,16);4-5,8-11,17H,6-7H2,1-3H3. The van der Waals surface area contributed by atoms with Crippen LogP contribution in [-0.2, 0) is 9.59 Å². The van der Waals surface area contributed by atoms with Gasteiger partial charge < -0.3 is 15.3 Å². The normalized spacial score (nSPS) is 19.1. The number of thiazole rings is 1. The fourth-order valence-corrected chi connectivity index (χ4v) is 5.06. The maximum absolute atomic E-state index is 12.6. The van der Waals surface area contributed by atoms with Crippen molar-refractivity contribution in [2.75, 3.05) is 6.54 Å². The Morgan fingerprint density at radius 1 is 1.26 bits per heavy atom. The quantitative estimate of drug-likeness (QED) is 0.483. The second kappa shape index (κ2) is 12.0. The van der Waals surface area contributed by atoms with Gasteiger partial charge in [-0.1, -0.05) is 43.3 Å². The minimum absolute atomic E-state index is 0.0135. The molecule has 0 bridgehead atoms. The summed E-state index contributed by atoms with van der Waals surface area (Å²) in [4.78, 5) is 30.1. The number of rotatable bonds is 7. The number of hydrogen-bond acceptors (Lipinski definition) is 7. The number of aliphatic hydroxyl groups is 1. The maximum Gasteiger partial charge on any atom is 0.248 e. The molecule has 3 heterocycles. The van der Waals surface area contributed by atoms with E-state index in [0.717, 1.165) is 17.7 Å². The van der Waals surface area contributed by atoms with Crippen LogP contribution in [0.15, 0.2) is 42.2 Å². The third-order valence-corrected chi connectivity index (χ3v) is 7.16. The van der Waals surface area contributed by atoms with Gasteiger partial charge in [0.2, 0.25) is 12.3 Å². The number of nitrogens with one attached hydrogen (secondary N) is 1. The highest BCUT2D eigenvalue weighted by molar-refractivity contribution is 7.13. The van der Waals surface area contributed by atoms with E-state index in [1.165, 1.54) is 10.4 Å². The monoisotopic (exact) mass is 498 g/mol. The minimum atomic E-state index is -0.410. The van der Waals surface area contributed by atoms with Crippen molar-refractivity contribution in [3.8, 4) is 10.4 Å². The summed E-state index contributed by atoms with van der Waals surface area (Å²) in [5, 5.41) is 20.1. The number of aliphatic hydroxyl groups excluding tert-OH is 1. The number of benzene rings is 1. The number of aryl methyl sites for hydroxylation is 1. The molecule has 2 N–H and O–H groups in total. The molecule has 2 aromatic heterocycles. The van der Waals surface area contributed by atoms with Gasteiger partial charge in [0.15, 0.2) is 0 Å². The average molecular weight is 499 g/mol. The Labute approximate surface area is 210 Å². The van der Waals surface area contributed by atoms with Gasteiger partial charge >= 0.3 is 0 Å². The summed E-state index contributed by atoms with van der Waals surface area (Å²) in [6.45, 7) is 10.3. The predicted octanol–water partition coefficient (Wildman–Crippen LogP) is 3.38. The molecule has 1 saturated heterocycles. The van der Waals surface area contributed by atoms with E-state index in [1.54, 1.807) is 33.3 Å². The van der Waals surface area contributed by atoms with E-state index in [1.807, 2.05) is 52.3 Å². The Kier molecular flexibility index (Phi) is 9.11. The van der Waals surface area contributed by atoms with Crippen molar-refractivity contribution in [3.63, 3.8) is 0 Å². The van der Waals surface area contributed by atoms with Gasteiger partial charge in [-0.3, -0.25) is 9.59 Å². The van der Waals surface area contributed by atoms with Crippen LogP contribution in [0, 0.1) is 12.8 Å². The highest BCUT2D eigenvalue weighted by Crippen LogP contribution is 2.28. The molecule has 35 heavy (non-hydrogen) atoms. The lowest BCUT2D eigenvalue weighted by Crippen LogP contribution is -2.41. The topological polar surface area (TPSA) is 113 Å². The number of amides is 2. The largest absolute Gasteiger partial charge is 0.391 e. The molecule has 1 fully saturated rings. The summed E-state index contributed by atoms with van der Waals surface area (Å²) in [6.07, 6.45) is 4.25. The zero-order valence-electron chi connectivity index (χ0n) is 20.8. The van der Waals surface area contributed by atoms with Crippen LogP contribution < -0.4 is 5.32 Å². The van der Waals surface area contributed by atoms with Gasteiger partial charge in [0.25, 0.3) is 0 Å². The van der Waals surface area contributed by atoms with Crippen LogP contribution >= 0.6 is 11.3 Å². The van der Waals surface area contributed by atoms with E-state index in [4.69, 9.17) is 0 Å². The predicted molar refractivity (Wildman–Crippen MR) is 136 cm³/mol. The van der Waals surface area contributed by atoms with Gasteiger partial charge in [-0.15, -0.1) is 16.4 Å². The third-order valence-electron chi connectivity index (χ3n) is 6.18. The van der Waals surface area contributed by atoms with Crippen molar-refractivity contribution in [2.45, 2.75) is 65.3 Å². The molecule has 10 heteroatoms. The number of β-amino-alcohol motifs (C(OH)–C–C–N with tert-alkyl or cyclic N) is 1. The van der Waals surface area contributed by atoms with Gasteiger partial charge in [-0.25, -0.2) is 9.67 Å². The first kappa shape index (κ1) is 26.5. The molecule has 0 radical (unpaired) electrons. The fourth-order valence-electron chi connectivity index (χ4n) is 4.25. The molecule has 0 spiro atoms. The van der Waals surface area contributed by atoms with Crippen molar-refractivity contribution < 1.29 is 14.7 Å². The van der Waals surface area contributed by atoms with E-state index in [2.05, 4.69) is 32.7 Å². The zero-order chi connectivity index (χ0) is 25.5. The fraction of sp³-hybridized carbons (Fsp3) is 0.480. The molecule has 9 nitrogen and oxygen atoms in total. The zero-order valence-corrected chi connectivity index (χ0v) is 21.6. The molecular formula is C25H34N6O3S. The first-order valence-corrected chi connectivity index (χ1v) is 12.6.